The van der Waals surface area contributed by atoms with E-state index in [1.165, 1.54) is 12.5 Å². The molecular weight excluding hydrogens is 217 g/mol. The predicted molar refractivity (Wildman–Crippen MR) is 66.5 cm³/mol. The summed E-state index contributed by atoms with van der Waals surface area (Å²) in [5.74, 6) is -0.127. The lowest BCUT2D eigenvalue weighted by Gasteiger charge is -2.46. The summed E-state index contributed by atoms with van der Waals surface area (Å²) in [6, 6.07) is 7.15. The molecule has 0 radical (unpaired) electrons. The molecule has 1 unspecified atom stereocenters. The van der Waals surface area contributed by atoms with Crippen molar-refractivity contribution in [2.24, 2.45) is 0 Å². The van der Waals surface area contributed by atoms with Crippen molar-refractivity contribution >= 4 is 0 Å². The minimum atomic E-state index is -0.127. The maximum absolute atomic E-state index is 13.6. The van der Waals surface area contributed by atoms with Crippen molar-refractivity contribution in [3.8, 4) is 0 Å². The summed E-state index contributed by atoms with van der Waals surface area (Å²) in [6.07, 6.45) is 3.99. The van der Waals surface area contributed by atoms with Crippen LogP contribution in [0, 0.1) is 5.82 Å². The molecule has 2 nitrogen and oxygen atoms in total. The zero-order valence-electron chi connectivity index (χ0n) is 10.5. The van der Waals surface area contributed by atoms with E-state index < -0.39 is 0 Å². The van der Waals surface area contributed by atoms with E-state index in [-0.39, 0.29) is 17.5 Å². The van der Waals surface area contributed by atoms with Crippen LogP contribution in [0.3, 0.4) is 0 Å². The first-order valence-corrected chi connectivity index (χ1v) is 6.17. The topological polar surface area (TPSA) is 21.3 Å². The van der Waals surface area contributed by atoms with E-state index in [0.29, 0.717) is 6.42 Å². The van der Waals surface area contributed by atoms with Crippen LogP contribution < -0.4 is 5.32 Å². The van der Waals surface area contributed by atoms with Gasteiger partial charge in [-0.05, 0) is 44.4 Å². The maximum atomic E-state index is 13.6. The Bertz CT molecular complexity index is 371. The van der Waals surface area contributed by atoms with Crippen LogP contribution in [0.1, 0.15) is 24.8 Å². The Kier molecular flexibility index (Phi) is 3.79. The van der Waals surface area contributed by atoms with Gasteiger partial charge in [0.05, 0.1) is 5.60 Å². The van der Waals surface area contributed by atoms with Gasteiger partial charge in [-0.1, -0.05) is 18.2 Å². The van der Waals surface area contributed by atoms with Gasteiger partial charge in [-0.15, -0.1) is 0 Å². The third kappa shape index (κ3) is 2.35. The fraction of sp³-hybridized carbons (Fsp3) is 0.571. The highest BCUT2D eigenvalue weighted by Gasteiger charge is 2.43. The van der Waals surface area contributed by atoms with Crippen molar-refractivity contribution < 1.29 is 9.13 Å². The van der Waals surface area contributed by atoms with E-state index >= 15 is 0 Å². The van der Waals surface area contributed by atoms with Crippen LogP contribution >= 0.6 is 0 Å². The van der Waals surface area contributed by atoms with Gasteiger partial charge in [0.2, 0.25) is 0 Å². The van der Waals surface area contributed by atoms with Gasteiger partial charge in [0.1, 0.15) is 5.82 Å². The summed E-state index contributed by atoms with van der Waals surface area (Å²) in [6.45, 7) is 0. The number of likely N-dealkylation sites (N-methyl/N-ethyl adjacent to an activating group) is 1. The lowest BCUT2D eigenvalue weighted by molar-refractivity contribution is -0.0967. The quantitative estimate of drug-likeness (QED) is 0.849. The van der Waals surface area contributed by atoms with Crippen molar-refractivity contribution in [2.75, 3.05) is 14.2 Å². The minimum absolute atomic E-state index is 0.100. The lowest BCUT2D eigenvalue weighted by Crippen LogP contribution is -2.56. The molecule has 0 amide bonds. The molecule has 0 bridgehead atoms. The number of nitrogens with one attached hydrogen (secondary N) is 1. The van der Waals surface area contributed by atoms with Crippen molar-refractivity contribution in [1.29, 1.82) is 0 Å². The van der Waals surface area contributed by atoms with Crippen LogP contribution in [0.25, 0.3) is 0 Å². The summed E-state index contributed by atoms with van der Waals surface area (Å²) in [7, 11) is 3.68. The molecule has 1 fully saturated rings. The van der Waals surface area contributed by atoms with Crippen molar-refractivity contribution in [1.82, 2.24) is 5.32 Å². The second-order valence-electron chi connectivity index (χ2n) is 4.76. The van der Waals surface area contributed by atoms with Gasteiger partial charge in [-0.2, -0.15) is 0 Å². The molecule has 1 aliphatic carbocycles. The van der Waals surface area contributed by atoms with E-state index in [0.717, 1.165) is 18.4 Å². The molecule has 3 heteroatoms. The first-order valence-electron chi connectivity index (χ1n) is 6.17. The number of rotatable bonds is 5. The summed E-state index contributed by atoms with van der Waals surface area (Å²) in [5, 5.41) is 3.28. The fourth-order valence-electron chi connectivity index (χ4n) is 2.66. The molecule has 1 aliphatic rings. The minimum Gasteiger partial charge on any atom is -0.377 e. The molecule has 1 N–H and O–H groups in total. The van der Waals surface area contributed by atoms with Crippen LogP contribution in [0.2, 0.25) is 0 Å². The number of methoxy groups -OCH3 is 1. The van der Waals surface area contributed by atoms with Crippen molar-refractivity contribution in [3.05, 3.63) is 35.6 Å². The molecular formula is C14H20FNO. The molecule has 94 valence electrons. The molecule has 2 rings (SSSR count). The second-order valence-corrected chi connectivity index (χ2v) is 4.76. The number of halogens is 1. The molecule has 1 saturated carbocycles. The molecule has 0 aromatic heterocycles. The molecule has 0 heterocycles. The smallest absolute Gasteiger partial charge is 0.126 e. The van der Waals surface area contributed by atoms with Gasteiger partial charge in [0, 0.05) is 13.2 Å². The summed E-state index contributed by atoms with van der Waals surface area (Å²) < 4.78 is 19.3. The molecule has 0 spiro atoms. The van der Waals surface area contributed by atoms with Crippen LogP contribution in [0.4, 0.5) is 4.39 Å². The first kappa shape index (κ1) is 12.5. The number of hydrogen-bond acceptors (Lipinski definition) is 2. The Balaban J connectivity index is 2.13. The highest BCUT2D eigenvalue weighted by Crippen LogP contribution is 2.39. The maximum Gasteiger partial charge on any atom is 0.126 e. The van der Waals surface area contributed by atoms with Gasteiger partial charge < -0.3 is 10.1 Å². The van der Waals surface area contributed by atoms with E-state index in [2.05, 4.69) is 5.32 Å². The van der Waals surface area contributed by atoms with E-state index in [1.807, 2.05) is 19.2 Å². The van der Waals surface area contributed by atoms with Gasteiger partial charge in [0.15, 0.2) is 0 Å². The third-order valence-electron chi connectivity index (χ3n) is 3.97. The number of ether oxygens (including phenoxy) is 1. The molecule has 1 aromatic carbocycles. The van der Waals surface area contributed by atoms with Crippen LogP contribution in [-0.2, 0) is 11.2 Å². The van der Waals surface area contributed by atoms with Crippen molar-refractivity contribution in [3.63, 3.8) is 0 Å². The van der Waals surface area contributed by atoms with Crippen LogP contribution in [0.5, 0.6) is 0 Å². The Hall–Kier alpha value is -0.930. The fourth-order valence-corrected chi connectivity index (χ4v) is 2.66. The number of hydrogen-bond donors (Lipinski definition) is 1. The van der Waals surface area contributed by atoms with E-state index in [1.54, 1.807) is 13.2 Å². The standard InChI is InChI=1S/C14H20FNO/c1-16-13(14(17-2)8-5-9-14)10-11-6-3-4-7-12(11)15/h3-4,6-7,13,16H,5,8-10H2,1-2H3. The zero-order valence-corrected chi connectivity index (χ0v) is 10.5. The normalized spacial score (nSPS) is 19.7. The second kappa shape index (κ2) is 5.15. The molecule has 1 atom stereocenters. The van der Waals surface area contributed by atoms with Crippen LogP contribution in [0.15, 0.2) is 24.3 Å². The van der Waals surface area contributed by atoms with Gasteiger partial charge >= 0.3 is 0 Å². The Morgan fingerprint density at radius 2 is 2.12 bits per heavy atom. The summed E-state index contributed by atoms with van der Waals surface area (Å²) in [5.41, 5.74) is 0.659. The number of benzene rings is 1. The first-order chi connectivity index (χ1) is 8.22. The Morgan fingerprint density at radius 3 is 2.59 bits per heavy atom. The van der Waals surface area contributed by atoms with E-state index in [4.69, 9.17) is 4.74 Å². The predicted octanol–water partition coefficient (Wildman–Crippen LogP) is 2.53. The van der Waals surface area contributed by atoms with Crippen molar-refractivity contribution in [2.45, 2.75) is 37.3 Å². The Morgan fingerprint density at radius 1 is 1.41 bits per heavy atom. The molecule has 17 heavy (non-hydrogen) atoms. The molecule has 0 aliphatic heterocycles. The average Bonchev–Trinajstić information content (AvgIpc) is 2.29. The third-order valence-corrected chi connectivity index (χ3v) is 3.97. The monoisotopic (exact) mass is 237 g/mol. The zero-order chi connectivity index (χ0) is 12.3. The molecule has 1 aromatic rings. The summed E-state index contributed by atoms with van der Waals surface area (Å²) >= 11 is 0. The molecule has 0 saturated heterocycles. The lowest BCUT2D eigenvalue weighted by atomic mass is 9.72. The van der Waals surface area contributed by atoms with Gasteiger partial charge in [-0.3, -0.25) is 0 Å². The van der Waals surface area contributed by atoms with E-state index in [9.17, 15) is 4.39 Å². The highest BCUT2D eigenvalue weighted by molar-refractivity contribution is 5.20. The summed E-state index contributed by atoms with van der Waals surface area (Å²) in [4.78, 5) is 0. The highest BCUT2D eigenvalue weighted by atomic mass is 19.1. The van der Waals surface area contributed by atoms with Crippen LogP contribution in [-0.4, -0.2) is 25.8 Å². The van der Waals surface area contributed by atoms with Gasteiger partial charge in [-0.25, -0.2) is 4.39 Å². The van der Waals surface area contributed by atoms with Gasteiger partial charge in [0.25, 0.3) is 0 Å². The largest absolute Gasteiger partial charge is 0.377 e. The average molecular weight is 237 g/mol. The Labute approximate surface area is 102 Å². The SMILES string of the molecule is CNC(Cc1ccccc1F)C1(OC)CCC1.